The van der Waals surface area contributed by atoms with Crippen molar-refractivity contribution in [2.24, 2.45) is 5.41 Å². The Labute approximate surface area is 137 Å². The Kier molecular flexibility index (Phi) is 5.81. The third kappa shape index (κ3) is 4.47. The second-order valence-electron chi connectivity index (χ2n) is 7.06. The zero-order valence-corrected chi connectivity index (χ0v) is 14.5. The predicted molar refractivity (Wildman–Crippen MR) is 87.7 cm³/mol. The number of carbonyl (C=O) groups excluding carboxylic acids is 1. The third-order valence-electron chi connectivity index (χ3n) is 3.93. The summed E-state index contributed by atoms with van der Waals surface area (Å²) in [5, 5.41) is 19.1. The van der Waals surface area contributed by atoms with E-state index in [0.29, 0.717) is 12.0 Å². The first-order valence-corrected chi connectivity index (χ1v) is 7.81. The first-order valence-electron chi connectivity index (χ1n) is 7.81. The van der Waals surface area contributed by atoms with E-state index in [0.717, 1.165) is 6.42 Å². The summed E-state index contributed by atoms with van der Waals surface area (Å²) in [7, 11) is 0. The van der Waals surface area contributed by atoms with Gasteiger partial charge in [-0.3, -0.25) is 9.59 Å². The molecule has 0 bridgehead atoms. The Morgan fingerprint density at radius 3 is 2.26 bits per heavy atom. The smallest absolute Gasteiger partial charge is 0.328 e. The van der Waals surface area contributed by atoms with Gasteiger partial charge in [-0.2, -0.15) is 0 Å². The highest BCUT2D eigenvalue weighted by atomic mass is 16.5. The van der Waals surface area contributed by atoms with Crippen molar-refractivity contribution in [1.82, 2.24) is 0 Å². The number of phenolic OH excluding ortho intramolecular Hbond substituents is 1. The molecule has 0 saturated carbocycles. The van der Waals surface area contributed by atoms with Crippen molar-refractivity contribution in [3.05, 3.63) is 23.8 Å². The van der Waals surface area contributed by atoms with E-state index in [1.54, 1.807) is 0 Å². The number of ether oxygens (including phenoxy) is 1. The topological polar surface area (TPSA) is 83.8 Å². The summed E-state index contributed by atoms with van der Waals surface area (Å²) in [6.07, 6.45) is 1.64. The van der Waals surface area contributed by atoms with Crippen molar-refractivity contribution in [3.8, 4) is 11.5 Å². The van der Waals surface area contributed by atoms with Crippen LogP contribution in [0.1, 0.15) is 59.4 Å². The maximum Gasteiger partial charge on any atom is 0.328 e. The summed E-state index contributed by atoms with van der Waals surface area (Å²) in [6.45, 7) is 9.10. The van der Waals surface area contributed by atoms with E-state index >= 15 is 0 Å². The number of hydrogen-bond acceptors (Lipinski definition) is 4. The van der Waals surface area contributed by atoms with Crippen molar-refractivity contribution in [3.63, 3.8) is 0 Å². The number of carboxylic acid groups (broad SMARTS) is 1. The fourth-order valence-electron chi connectivity index (χ4n) is 2.23. The molecule has 128 valence electrons. The van der Waals surface area contributed by atoms with Crippen LogP contribution in [0.5, 0.6) is 11.5 Å². The van der Waals surface area contributed by atoms with Crippen LogP contribution in [0, 0.1) is 5.41 Å². The van der Waals surface area contributed by atoms with Crippen LogP contribution in [-0.4, -0.2) is 22.2 Å². The largest absolute Gasteiger partial charge is 0.508 e. The van der Waals surface area contributed by atoms with Crippen molar-refractivity contribution in [1.29, 1.82) is 0 Å². The predicted octanol–water partition coefficient (Wildman–Crippen LogP) is 3.88. The number of benzene rings is 1. The van der Waals surface area contributed by atoms with Gasteiger partial charge in [-0.25, -0.2) is 0 Å². The molecule has 1 rings (SSSR count). The minimum Gasteiger partial charge on any atom is -0.508 e. The highest BCUT2D eigenvalue weighted by molar-refractivity contribution is 5.99. The van der Waals surface area contributed by atoms with E-state index < -0.39 is 17.4 Å². The second kappa shape index (κ2) is 7.02. The normalized spacial score (nSPS) is 14.1. The Bertz CT molecular complexity index is 586. The third-order valence-corrected chi connectivity index (χ3v) is 3.93. The monoisotopic (exact) mass is 322 g/mol. The number of phenols is 1. The molecule has 0 aliphatic heterocycles. The number of carboxylic acids is 1. The van der Waals surface area contributed by atoms with Crippen molar-refractivity contribution in [2.45, 2.75) is 59.3 Å². The van der Waals surface area contributed by atoms with E-state index in [2.05, 4.69) is 0 Å². The van der Waals surface area contributed by atoms with Gasteiger partial charge in [-0.15, -0.1) is 0 Å². The number of hydrogen-bond donors (Lipinski definition) is 2. The van der Waals surface area contributed by atoms with Gasteiger partial charge < -0.3 is 14.9 Å². The maximum atomic E-state index is 12.5. The molecule has 0 spiro atoms. The lowest BCUT2D eigenvalue weighted by Crippen LogP contribution is -2.39. The fraction of sp³-hybridized carbons (Fsp3) is 0.556. The number of unbranched alkanes of at least 4 members (excludes halogenated alkanes) is 1. The van der Waals surface area contributed by atoms with E-state index in [4.69, 9.17) is 4.74 Å². The average Bonchev–Trinajstić information content (AvgIpc) is 2.45. The van der Waals surface area contributed by atoms with Gasteiger partial charge in [0.2, 0.25) is 0 Å². The SMILES string of the molecule is CCCCC(C)(C(=O)O)C(=O)Oc1ccc(O)cc1C(C)(C)C. The number of carbonyl (C=O) groups is 2. The number of aromatic hydroxyl groups is 1. The molecule has 1 atom stereocenters. The van der Waals surface area contributed by atoms with Gasteiger partial charge in [0.1, 0.15) is 11.5 Å². The lowest BCUT2D eigenvalue weighted by atomic mass is 9.84. The van der Waals surface area contributed by atoms with Crippen molar-refractivity contribution in [2.75, 3.05) is 0 Å². The molecule has 0 radical (unpaired) electrons. The van der Waals surface area contributed by atoms with Crippen LogP contribution < -0.4 is 4.74 Å². The summed E-state index contributed by atoms with van der Waals surface area (Å²) < 4.78 is 5.42. The van der Waals surface area contributed by atoms with Gasteiger partial charge in [-0.1, -0.05) is 40.5 Å². The molecular weight excluding hydrogens is 296 g/mol. The summed E-state index contributed by atoms with van der Waals surface area (Å²) in [6, 6.07) is 4.45. The Hall–Kier alpha value is -2.04. The van der Waals surface area contributed by atoms with Gasteiger partial charge in [0, 0.05) is 5.56 Å². The lowest BCUT2D eigenvalue weighted by molar-refractivity contribution is -0.162. The zero-order valence-electron chi connectivity index (χ0n) is 14.5. The van der Waals surface area contributed by atoms with E-state index in [-0.39, 0.29) is 23.3 Å². The first-order chi connectivity index (χ1) is 10.5. The molecule has 1 aromatic rings. The molecule has 23 heavy (non-hydrogen) atoms. The van der Waals surface area contributed by atoms with Crippen LogP contribution >= 0.6 is 0 Å². The van der Waals surface area contributed by atoms with Gasteiger partial charge >= 0.3 is 11.9 Å². The molecule has 0 fully saturated rings. The van der Waals surface area contributed by atoms with Crippen LogP contribution in [0.4, 0.5) is 0 Å². The minimum atomic E-state index is -1.58. The van der Waals surface area contributed by atoms with Gasteiger partial charge in [0.25, 0.3) is 0 Å². The highest BCUT2D eigenvalue weighted by Gasteiger charge is 2.43. The molecule has 2 N–H and O–H groups in total. The molecule has 0 amide bonds. The molecule has 0 aliphatic rings. The van der Waals surface area contributed by atoms with Crippen LogP contribution in [0.2, 0.25) is 0 Å². The van der Waals surface area contributed by atoms with E-state index in [1.165, 1.54) is 25.1 Å². The molecule has 5 heteroatoms. The molecule has 0 heterocycles. The minimum absolute atomic E-state index is 0.0710. The summed E-state index contributed by atoms with van der Waals surface area (Å²) >= 11 is 0. The molecular formula is C18H26O5. The Morgan fingerprint density at radius 2 is 1.78 bits per heavy atom. The van der Waals surface area contributed by atoms with Crippen molar-refractivity contribution < 1.29 is 24.5 Å². The highest BCUT2D eigenvalue weighted by Crippen LogP contribution is 2.36. The maximum absolute atomic E-state index is 12.5. The second-order valence-corrected chi connectivity index (χ2v) is 7.06. The summed E-state index contributed by atoms with van der Waals surface area (Å²) in [4.78, 5) is 24.0. The number of aliphatic carboxylic acids is 1. The number of rotatable bonds is 6. The molecule has 0 aromatic heterocycles. The molecule has 0 saturated heterocycles. The molecule has 0 aliphatic carbocycles. The first kappa shape index (κ1) is 19.0. The standard InChI is InChI=1S/C18H26O5/c1-6-7-10-18(5,15(20)21)16(22)23-14-9-8-12(19)11-13(14)17(2,3)4/h8-9,11,19H,6-7,10H2,1-5H3,(H,20,21). The van der Waals surface area contributed by atoms with Crippen LogP contribution in [0.15, 0.2) is 18.2 Å². The lowest BCUT2D eigenvalue weighted by Gasteiger charge is -2.26. The number of esters is 1. The summed E-state index contributed by atoms with van der Waals surface area (Å²) in [5.41, 5.74) is -1.30. The van der Waals surface area contributed by atoms with Crippen LogP contribution in [-0.2, 0) is 15.0 Å². The van der Waals surface area contributed by atoms with E-state index in [1.807, 2.05) is 27.7 Å². The van der Waals surface area contributed by atoms with Crippen LogP contribution in [0.3, 0.4) is 0 Å². The molecule has 5 nitrogen and oxygen atoms in total. The van der Waals surface area contributed by atoms with Gasteiger partial charge in [-0.05, 0) is 37.0 Å². The van der Waals surface area contributed by atoms with Gasteiger partial charge in [0.05, 0.1) is 0 Å². The van der Waals surface area contributed by atoms with E-state index in [9.17, 15) is 19.8 Å². The summed E-state index contributed by atoms with van der Waals surface area (Å²) in [5.74, 6) is -1.62. The van der Waals surface area contributed by atoms with Gasteiger partial charge in [0.15, 0.2) is 5.41 Å². The quantitative estimate of drug-likeness (QED) is 0.472. The Balaban J connectivity index is 3.16. The zero-order chi connectivity index (χ0) is 17.8. The van der Waals surface area contributed by atoms with Crippen molar-refractivity contribution >= 4 is 11.9 Å². The molecule has 1 aromatic carbocycles. The average molecular weight is 322 g/mol. The Morgan fingerprint density at radius 1 is 1.17 bits per heavy atom. The molecule has 1 unspecified atom stereocenters. The van der Waals surface area contributed by atoms with Crippen LogP contribution in [0.25, 0.3) is 0 Å². The fourth-order valence-corrected chi connectivity index (χ4v) is 2.23.